The van der Waals surface area contributed by atoms with E-state index < -0.39 is 159 Å². The first-order chi connectivity index (χ1) is 36.0. The number of hydrogen-bond acceptors (Lipinski definition) is 8. The molecule has 2 aliphatic carbocycles. The van der Waals surface area contributed by atoms with Crippen LogP contribution in [-0.2, 0) is 39.3 Å². The maximum atomic E-state index is 15.4. The summed E-state index contributed by atoms with van der Waals surface area (Å²) in [6, 6.07) is 28.2. The van der Waals surface area contributed by atoms with Crippen molar-refractivity contribution in [2.24, 2.45) is 0 Å². The van der Waals surface area contributed by atoms with Crippen molar-refractivity contribution in [3.63, 3.8) is 0 Å². The van der Waals surface area contributed by atoms with E-state index in [2.05, 4.69) is 0 Å². The molecule has 0 saturated carbocycles. The fraction of sp³-hybridized carbons (Fsp3) is 0.185. The minimum atomic E-state index is -6.14. The third-order valence-corrected chi connectivity index (χ3v) is 21.5. The van der Waals surface area contributed by atoms with Gasteiger partial charge in [0.15, 0.2) is 0 Å². The van der Waals surface area contributed by atoms with Gasteiger partial charge < -0.3 is 0 Å². The molecule has 0 atom stereocenters. The van der Waals surface area contributed by atoms with Crippen LogP contribution in [0.25, 0.3) is 19.6 Å². The standard InChI is InChI=1S/2C27H18F6O4S2/c2*1-15-13-19(17-9-5-3-6-10-17)38(34,35)23(15)21-22(26(30,31)27(32,33)25(21,28)29)24-16(2)14-20(39(24,36)37)18-11-7-4-8-12-18/h2*3-14H,1-2H3. The first kappa shape index (κ1) is 56.0. The molecule has 0 unspecified atom stereocenters. The van der Waals surface area contributed by atoms with Crippen molar-refractivity contribution in [1.29, 1.82) is 0 Å². The topological polar surface area (TPSA) is 137 Å². The fourth-order valence-electron chi connectivity index (χ4n) is 10.0. The molecule has 10 rings (SSSR count). The number of hydrogen-bond donors (Lipinski definition) is 0. The molecule has 0 fully saturated rings. The lowest BCUT2D eigenvalue weighted by molar-refractivity contribution is -0.263. The quantitative estimate of drug-likeness (QED) is 0.159. The highest BCUT2D eigenvalue weighted by Gasteiger charge is 2.83. The number of benzene rings is 4. The Bertz CT molecular complexity index is 3600. The van der Waals surface area contributed by atoms with Gasteiger partial charge in [-0.15, -0.1) is 0 Å². The average Bonchev–Trinajstić information content (AvgIpc) is 4.09. The minimum absolute atomic E-state index is 0.00532. The summed E-state index contributed by atoms with van der Waals surface area (Å²) in [7, 11) is -20.3. The van der Waals surface area contributed by atoms with Crippen molar-refractivity contribution in [2.75, 3.05) is 0 Å². The van der Waals surface area contributed by atoms with Gasteiger partial charge >= 0.3 is 35.5 Å². The van der Waals surface area contributed by atoms with Gasteiger partial charge in [-0.25, -0.2) is 33.7 Å². The maximum absolute atomic E-state index is 15.4. The Morgan fingerprint density at radius 1 is 0.269 bits per heavy atom. The third kappa shape index (κ3) is 7.65. The summed E-state index contributed by atoms with van der Waals surface area (Å²) in [5, 5.41) is 0. The van der Waals surface area contributed by atoms with Gasteiger partial charge in [0, 0.05) is 0 Å². The van der Waals surface area contributed by atoms with Gasteiger partial charge in [-0.05, 0) is 96.5 Å². The zero-order valence-electron chi connectivity index (χ0n) is 40.3. The van der Waals surface area contributed by atoms with Crippen molar-refractivity contribution < 1.29 is 86.4 Å². The van der Waals surface area contributed by atoms with E-state index in [1.54, 1.807) is 0 Å². The monoisotopic (exact) mass is 1170 g/mol. The predicted molar refractivity (Wildman–Crippen MR) is 268 cm³/mol. The van der Waals surface area contributed by atoms with Gasteiger partial charge in [-0.3, -0.25) is 0 Å². The van der Waals surface area contributed by atoms with Gasteiger partial charge in [0.2, 0.25) is 39.3 Å². The Hall–Kier alpha value is -6.76. The highest BCUT2D eigenvalue weighted by atomic mass is 32.2. The molecule has 4 aromatic carbocycles. The molecule has 4 aliphatic heterocycles. The summed E-state index contributed by atoms with van der Waals surface area (Å²) >= 11 is 0. The van der Waals surface area contributed by atoms with Crippen LogP contribution in [0.15, 0.2) is 210 Å². The number of allylic oxidation sites excluding steroid dienone is 12. The van der Waals surface area contributed by atoms with Crippen LogP contribution in [0.1, 0.15) is 49.9 Å². The first-order valence-electron chi connectivity index (χ1n) is 22.7. The molecule has 6 aliphatic rings. The summed E-state index contributed by atoms with van der Waals surface area (Å²) in [5.74, 6) is -35.2. The van der Waals surface area contributed by atoms with Crippen molar-refractivity contribution in [3.8, 4) is 0 Å². The van der Waals surface area contributed by atoms with Gasteiger partial charge in [0.25, 0.3) is 0 Å². The van der Waals surface area contributed by atoms with Gasteiger partial charge in [0.1, 0.15) is 0 Å². The highest BCUT2D eigenvalue weighted by Crippen LogP contribution is 2.68. The van der Waals surface area contributed by atoms with Crippen LogP contribution in [0.2, 0.25) is 0 Å². The average molecular weight is 1170 g/mol. The van der Waals surface area contributed by atoms with Crippen LogP contribution in [0.4, 0.5) is 52.7 Å². The number of halogens is 12. The number of sulfone groups is 4. The first-order valence-corrected chi connectivity index (χ1v) is 28.6. The molecule has 78 heavy (non-hydrogen) atoms. The molecule has 0 spiro atoms. The summed E-state index contributed by atoms with van der Waals surface area (Å²) in [4.78, 5) is -8.16. The second kappa shape index (κ2) is 17.9. The van der Waals surface area contributed by atoms with Gasteiger partial charge in [-0.1, -0.05) is 121 Å². The van der Waals surface area contributed by atoms with Crippen LogP contribution in [0, 0.1) is 0 Å². The van der Waals surface area contributed by atoms with E-state index in [-0.39, 0.29) is 22.3 Å². The van der Waals surface area contributed by atoms with Gasteiger partial charge in [0.05, 0.1) is 61.5 Å². The van der Waals surface area contributed by atoms with Crippen molar-refractivity contribution in [3.05, 3.63) is 232 Å². The van der Waals surface area contributed by atoms with E-state index in [9.17, 15) is 51.2 Å². The molecule has 0 bridgehead atoms. The zero-order valence-corrected chi connectivity index (χ0v) is 43.6. The van der Waals surface area contributed by atoms with Crippen LogP contribution < -0.4 is 0 Å². The molecule has 0 saturated heterocycles. The minimum Gasteiger partial charge on any atom is -0.218 e. The van der Waals surface area contributed by atoms with E-state index in [0.717, 1.165) is 52.0 Å². The highest BCUT2D eigenvalue weighted by molar-refractivity contribution is 8.06. The number of rotatable bonds is 8. The molecule has 0 amide bonds. The maximum Gasteiger partial charge on any atom is 0.380 e. The van der Waals surface area contributed by atoms with Crippen LogP contribution in [0.3, 0.4) is 0 Å². The lowest BCUT2D eigenvalue weighted by Crippen LogP contribution is -2.49. The van der Waals surface area contributed by atoms with Crippen molar-refractivity contribution in [1.82, 2.24) is 0 Å². The van der Waals surface area contributed by atoms with E-state index in [0.29, 0.717) is 0 Å². The van der Waals surface area contributed by atoms with E-state index >= 15 is 35.1 Å². The molecular weight excluding hydrogens is 1130 g/mol. The lowest BCUT2D eigenvalue weighted by atomic mass is 10.0. The van der Waals surface area contributed by atoms with Crippen LogP contribution >= 0.6 is 0 Å². The third-order valence-electron chi connectivity index (χ3n) is 13.5. The van der Waals surface area contributed by atoms with Crippen LogP contribution in [-0.4, -0.2) is 69.2 Å². The Kier molecular flexibility index (Phi) is 12.8. The molecule has 0 radical (unpaired) electrons. The zero-order chi connectivity index (χ0) is 57.5. The Morgan fingerprint density at radius 3 is 0.577 bits per heavy atom. The summed E-state index contributed by atoms with van der Waals surface area (Å²) < 4.78 is 291. The lowest BCUT2D eigenvalue weighted by Gasteiger charge is -2.26. The van der Waals surface area contributed by atoms with Gasteiger partial charge in [-0.2, -0.15) is 52.7 Å². The van der Waals surface area contributed by atoms with E-state index in [4.69, 9.17) is 0 Å². The second-order valence-electron chi connectivity index (χ2n) is 18.5. The smallest absolute Gasteiger partial charge is 0.218 e. The molecule has 4 aromatic rings. The number of alkyl halides is 12. The fourth-order valence-corrected chi connectivity index (χ4v) is 17.9. The summed E-state index contributed by atoms with van der Waals surface area (Å²) in [6.07, 6.45) is 3.64. The molecule has 8 nitrogen and oxygen atoms in total. The molecule has 4 heterocycles. The largest absolute Gasteiger partial charge is 0.380 e. The Balaban J connectivity index is 0.000000190. The Morgan fingerprint density at radius 2 is 0.423 bits per heavy atom. The SMILES string of the molecule is CC1=C(C2=C(C3=C(C)C=C(c4ccccc4)S3(=O)=O)C(F)(F)C(F)(F)C2(F)F)S(=O)(=O)C(c2ccccc2)=C1.CC1=C(C2=C(C3=C(C)C=C(c4ccccc4)S3(=O)=O)C(F)(F)C(F)(F)C2(F)F)S(=O)(=O)C(c2ccccc2)=C1. The normalized spacial score (nSPS) is 24.3. The molecule has 24 heteroatoms. The predicted octanol–water partition coefficient (Wildman–Crippen LogP) is 13.4. The van der Waals surface area contributed by atoms with E-state index in [1.165, 1.54) is 121 Å². The molecular formula is C54H36F12O8S4. The Labute approximate surface area is 438 Å². The summed E-state index contributed by atoms with van der Waals surface area (Å²) in [6.45, 7) is 3.98. The summed E-state index contributed by atoms with van der Waals surface area (Å²) in [5.41, 5.74) is -10.9. The van der Waals surface area contributed by atoms with Crippen molar-refractivity contribution in [2.45, 2.75) is 63.2 Å². The molecule has 0 N–H and O–H groups in total. The molecule has 0 aromatic heterocycles. The van der Waals surface area contributed by atoms with Crippen LogP contribution in [0.5, 0.6) is 0 Å². The second-order valence-corrected chi connectivity index (χ2v) is 25.9. The van der Waals surface area contributed by atoms with Crippen molar-refractivity contribution >= 4 is 59.0 Å². The van der Waals surface area contributed by atoms with E-state index in [1.807, 2.05) is 0 Å². The molecule has 408 valence electrons.